The molecule has 0 aromatic heterocycles. The lowest BCUT2D eigenvalue weighted by Gasteiger charge is -2.28. The van der Waals surface area contributed by atoms with Gasteiger partial charge in [0, 0.05) is 17.4 Å². The van der Waals surface area contributed by atoms with Crippen molar-refractivity contribution in [3.05, 3.63) is 36.5 Å². The first kappa shape index (κ1) is 17.0. The van der Waals surface area contributed by atoms with Crippen LogP contribution in [0.25, 0.3) is 0 Å². The van der Waals surface area contributed by atoms with Crippen LogP contribution in [0.5, 0.6) is 0 Å². The van der Waals surface area contributed by atoms with Crippen LogP contribution in [0, 0.1) is 23.7 Å². The van der Waals surface area contributed by atoms with E-state index in [9.17, 15) is 14.7 Å². The van der Waals surface area contributed by atoms with Gasteiger partial charge < -0.3 is 14.6 Å². The molecule has 2 aliphatic carbocycles. The quantitative estimate of drug-likeness (QED) is 0.477. The third kappa shape index (κ3) is 2.51. The van der Waals surface area contributed by atoms with Gasteiger partial charge in [0.15, 0.2) is 0 Å². The molecule has 1 N–H and O–H groups in total. The number of ether oxygens (including phenoxy) is 2. The molecule has 0 spiro atoms. The molecule has 5 nitrogen and oxygen atoms in total. The molecular weight excluding hydrogens is 308 g/mol. The van der Waals surface area contributed by atoms with Crippen LogP contribution in [0.4, 0.5) is 0 Å². The van der Waals surface area contributed by atoms with Gasteiger partial charge in [-0.05, 0) is 31.3 Å². The second-order valence-corrected chi connectivity index (χ2v) is 7.31. The number of aliphatic hydroxyl groups excluding tert-OH is 1. The van der Waals surface area contributed by atoms with Gasteiger partial charge in [-0.25, -0.2) is 4.79 Å². The van der Waals surface area contributed by atoms with E-state index in [0.29, 0.717) is 18.4 Å². The summed E-state index contributed by atoms with van der Waals surface area (Å²) in [5, 5.41) is 10.5. The summed E-state index contributed by atoms with van der Waals surface area (Å²) in [4.78, 5) is 23.9. The Kier molecular flexibility index (Phi) is 4.16. The molecule has 7 atom stereocenters. The topological polar surface area (TPSA) is 72.8 Å². The maximum absolute atomic E-state index is 12.0. The van der Waals surface area contributed by atoms with Crippen LogP contribution in [-0.2, 0) is 19.1 Å². The normalized spacial score (nSPS) is 41.3. The number of rotatable bonds is 2. The Hall–Kier alpha value is -1.88. The highest BCUT2D eigenvalue weighted by molar-refractivity contribution is 5.87. The Morgan fingerprint density at radius 2 is 2.04 bits per heavy atom. The minimum Gasteiger partial charge on any atom is -0.461 e. The molecule has 0 aromatic carbocycles. The van der Waals surface area contributed by atoms with E-state index in [1.807, 2.05) is 0 Å². The molecule has 1 heterocycles. The summed E-state index contributed by atoms with van der Waals surface area (Å²) < 4.78 is 11.1. The average molecular weight is 332 g/mol. The first-order valence-electron chi connectivity index (χ1n) is 8.33. The summed E-state index contributed by atoms with van der Waals surface area (Å²) in [6, 6.07) is 0. The second-order valence-electron chi connectivity index (χ2n) is 7.31. The first-order chi connectivity index (χ1) is 11.2. The molecule has 5 heteroatoms. The van der Waals surface area contributed by atoms with Crippen molar-refractivity contribution < 1.29 is 24.2 Å². The molecule has 7 unspecified atom stereocenters. The van der Waals surface area contributed by atoms with E-state index in [2.05, 4.69) is 19.7 Å². The van der Waals surface area contributed by atoms with Gasteiger partial charge in [-0.15, -0.1) is 0 Å². The molecule has 3 aliphatic rings. The predicted molar refractivity (Wildman–Crippen MR) is 87.7 cm³/mol. The largest absolute Gasteiger partial charge is 0.461 e. The van der Waals surface area contributed by atoms with Gasteiger partial charge in [0.1, 0.15) is 12.2 Å². The Labute approximate surface area is 142 Å². The molecule has 0 aromatic rings. The Morgan fingerprint density at radius 3 is 2.67 bits per heavy atom. The monoisotopic (exact) mass is 332 g/mol. The zero-order valence-corrected chi connectivity index (χ0v) is 14.2. The van der Waals surface area contributed by atoms with Gasteiger partial charge in [0.2, 0.25) is 0 Å². The van der Waals surface area contributed by atoms with Crippen LogP contribution in [0.3, 0.4) is 0 Å². The van der Waals surface area contributed by atoms with E-state index < -0.39 is 24.3 Å². The maximum Gasteiger partial charge on any atom is 0.333 e. The van der Waals surface area contributed by atoms with Crippen molar-refractivity contribution in [3.8, 4) is 0 Å². The summed E-state index contributed by atoms with van der Waals surface area (Å²) in [5.41, 5.74) is 1.98. The number of fused-ring (bicyclic) bond motifs is 3. The molecule has 2 saturated carbocycles. The van der Waals surface area contributed by atoms with Crippen molar-refractivity contribution in [1.29, 1.82) is 0 Å². The third-order valence-electron chi connectivity index (χ3n) is 5.72. The first-order valence-corrected chi connectivity index (χ1v) is 8.33. The van der Waals surface area contributed by atoms with Gasteiger partial charge in [0.05, 0.1) is 12.0 Å². The molecule has 24 heavy (non-hydrogen) atoms. The van der Waals surface area contributed by atoms with E-state index in [0.717, 1.165) is 11.1 Å². The van der Waals surface area contributed by atoms with Crippen molar-refractivity contribution in [2.24, 2.45) is 23.7 Å². The highest BCUT2D eigenvalue weighted by Gasteiger charge is 2.57. The smallest absolute Gasteiger partial charge is 0.333 e. The van der Waals surface area contributed by atoms with Crippen LogP contribution in [0.1, 0.15) is 26.7 Å². The van der Waals surface area contributed by atoms with Crippen LogP contribution in [0.2, 0.25) is 0 Å². The van der Waals surface area contributed by atoms with E-state index in [1.54, 1.807) is 13.8 Å². The summed E-state index contributed by atoms with van der Waals surface area (Å²) in [6.45, 7) is 15.2. The van der Waals surface area contributed by atoms with Gasteiger partial charge in [-0.2, -0.15) is 0 Å². The lowest BCUT2D eigenvalue weighted by atomic mass is 9.79. The standard InChI is InChI=1S/C19H24O5/c1-8(2)18(21)23-14-7-12-9(3)6-13(20)16-11(5)19(22)24-17(16)15(12)10(14)4/h11-17,20H,1,3-4,6-7H2,2,5H3. The Bertz CT molecular complexity index is 634. The zero-order valence-electron chi connectivity index (χ0n) is 14.2. The highest BCUT2D eigenvalue weighted by Crippen LogP contribution is 2.52. The van der Waals surface area contributed by atoms with Gasteiger partial charge in [0.25, 0.3) is 0 Å². The summed E-state index contributed by atoms with van der Waals surface area (Å²) in [6.07, 6.45) is -0.543. The highest BCUT2D eigenvalue weighted by atomic mass is 16.6. The Morgan fingerprint density at radius 1 is 1.38 bits per heavy atom. The number of carbonyl (C=O) groups excluding carboxylic acids is 2. The molecule has 1 saturated heterocycles. The average Bonchev–Trinajstić information content (AvgIpc) is 2.93. The number of esters is 2. The van der Waals surface area contributed by atoms with E-state index in [-0.39, 0.29) is 29.6 Å². The maximum atomic E-state index is 12.0. The molecule has 1 aliphatic heterocycles. The van der Waals surface area contributed by atoms with Crippen molar-refractivity contribution in [2.45, 2.75) is 45.0 Å². The molecule has 0 radical (unpaired) electrons. The summed E-state index contributed by atoms with van der Waals surface area (Å²) >= 11 is 0. The SMILES string of the molecule is C=C(C)C(=O)OC1CC2C(=C)CC(O)C3C(C)C(=O)OC3C2C1=C. The fourth-order valence-corrected chi connectivity index (χ4v) is 4.40. The van der Waals surface area contributed by atoms with Crippen LogP contribution < -0.4 is 0 Å². The molecule has 130 valence electrons. The van der Waals surface area contributed by atoms with E-state index in [4.69, 9.17) is 9.47 Å². The fourth-order valence-electron chi connectivity index (χ4n) is 4.40. The minimum atomic E-state index is -0.654. The van der Waals surface area contributed by atoms with Crippen LogP contribution in [0.15, 0.2) is 36.5 Å². The number of aliphatic hydroxyl groups is 1. The molecule has 3 fully saturated rings. The van der Waals surface area contributed by atoms with Crippen molar-refractivity contribution in [3.63, 3.8) is 0 Å². The summed E-state index contributed by atoms with van der Waals surface area (Å²) in [7, 11) is 0. The fraction of sp³-hybridized carbons (Fsp3) is 0.579. The number of hydrogen-bond acceptors (Lipinski definition) is 5. The molecule has 0 bridgehead atoms. The lowest BCUT2D eigenvalue weighted by molar-refractivity contribution is -0.146. The molecule has 0 amide bonds. The Balaban J connectivity index is 1.90. The van der Waals surface area contributed by atoms with Crippen molar-refractivity contribution >= 4 is 11.9 Å². The zero-order chi connectivity index (χ0) is 17.8. The predicted octanol–water partition coefficient (Wildman–Crippen LogP) is 2.17. The lowest BCUT2D eigenvalue weighted by Crippen LogP contribution is -2.35. The molecule has 3 rings (SSSR count). The third-order valence-corrected chi connectivity index (χ3v) is 5.72. The minimum absolute atomic E-state index is 0.0110. The van der Waals surface area contributed by atoms with Gasteiger partial charge in [-0.1, -0.05) is 32.2 Å². The number of hydrogen-bond donors (Lipinski definition) is 1. The van der Waals surface area contributed by atoms with Crippen molar-refractivity contribution in [2.75, 3.05) is 0 Å². The van der Waals surface area contributed by atoms with E-state index in [1.165, 1.54) is 0 Å². The van der Waals surface area contributed by atoms with Crippen LogP contribution in [-0.4, -0.2) is 35.4 Å². The molecular formula is C19H24O5. The number of carbonyl (C=O) groups is 2. The van der Waals surface area contributed by atoms with Crippen LogP contribution >= 0.6 is 0 Å². The van der Waals surface area contributed by atoms with E-state index >= 15 is 0 Å². The second kappa shape index (κ2) is 5.88. The van der Waals surface area contributed by atoms with Crippen molar-refractivity contribution in [1.82, 2.24) is 0 Å². The van der Waals surface area contributed by atoms with Gasteiger partial charge in [-0.3, -0.25) is 4.79 Å². The van der Waals surface area contributed by atoms with Gasteiger partial charge >= 0.3 is 11.9 Å². The summed E-state index contributed by atoms with van der Waals surface area (Å²) in [5.74, 6) is -1.56.